The van der Waals surface area contributed by atoms with Gasteiger partial charge in [0.2, 0.25) is 0 Å². The van der Waals surface area contributed by atoms with Gasteiger partial charge in [-0.25, -0.2) is 0 Å². The predicted molar refractivity (Wildman–Crippen MR) is 111 cm³/mol. The van der Waals surface area contributed by atoms with Gasteiger partial charge in [0.05, 0.1) is 22.1 Å². The Labute approximate surface area is 168 Å². The molecule has 7 heteroatoms. The summed E-state index contributed by atoms with van der Waals surface area (Å²) < 4.78 is 1.80. The molecule has 1 aliphatic heterocycles. The second kappa shape index (κ2) is 7.03. The summed E-state index contributed by atoms with van der Waals surface area (Å²) in [5.74, 6) is 0. The predicted octanol–water partition coefficient (Wildman–Crippen LogP) is 5.74. The maximum absolute atomic E-state index is 6.21. The van der Waals surface area contributed by atoms with E-state index in [1.54, 1.807) is 17.5 Å². The van der Waals surface area contributed by atoms with Crippen LogP contribution >= 0.6 is 51.1 Å². The number of rotatable bonds is 3. The van der Waals surface area contributed by atoms with Crippen molar-refractivity contribution in [2.24, 2.45) is 0 Å². The zero-order valence-electron chi connectivity index (χ0n) is 12.9. The van der Waals surface area contributed by atoms with Gasteiger partial charge in [-0.05, 0) is 60.7 Å². The highest BCUT2D eigenvalue weighted by Crippen LogP contribution is 2.44. The Kier molecular flexibility index (Phi) is 4.78. The number of pyridine rings is 1. The molecule has 0 amide bonds. The van der Waals surface area contributed by atoms with Gasteiger partial charge >= 0.3 is 0 Å². The van der Waals surface area contributed by atoms with Gasteiger partial charge in [-0.1, -0.05) is 33.6 Å². The second-order valence-corrected chi connectivity index (χ2v) is 8.66. The summed E-state index contributed by atoms with van der Waals surface area (Å²) >= 11 is 16.9. The Hall–Kier alpha value is -1.47. The maximum Gasteiger partial charge on any atom is 0.174 e. The molecule has 0 bridgehead atoms. The van der Waals surface area contributed by atoms with Crippen LogP contribution in [0.4, 0.5) is 5.69 Å². The zero-order chi connectivity index (χ0) is 17.4. The fourth-order valence-corrected chi connectivity index (χ4v) is 4.81. The Morgan fingerprint density at radius 3 is 2.56 bits per heavy atom. The van der Waals surface area contributed by atoms with Gasteiger partial charge in [0.15, 0.2) is 5.11 Å². The van der Waals surface area contributed by atoms with E-state index in [4.69, 9.17) is 23.8 Å². The van der Waals surface area contributed by atoms with Crippen molar-refractivity contribution in [2.45, 2.75) is 12.1 Å². The molecule has 1 aromatic carbocycles. The van der Waals surface area contributed by atoms with Crippen LogP contribution in [0.15, 0.2) is 65.3 Å². The molecule has 0 aliphatic carbocycles. The summed E-state index contributed by atoms with van der Waals surface area (Å²) in [5, 5.41) is 4.13. The lowest BCUT2D eigenvalue weighted by Crippen LogP contribution is -2.28. The van der Waals surface area contributed by atoms with Crippen LogP contribution in [0, 0.1) is 0 Å². The third kappa shape index (κ3) is 3.31. The van der Waals surface area contributed by atoms with Crippen LogP contribution in [0.1, 0.15) is 22.7 Å². The van der Waals surface area contributed by atoms with Gasteiger partial charge in [0.1, 0.15) is 0 Å². The van der Waals surface area contributed by atoms with E-state index in [-0.39, 0.29) is 12.1 Å². The normalized spacial score (nSPS) is 19.9. The first kappa shape index (κ1) is 17.0. The third-order valence-corrected chi connectivity index (χ3v) is 6.23. The molecule has 0 saturated carbocycles. The molecule has 1 N–H and O–H groups in total. The van der Waals surface area contributed by atoms with Gasteiger partial charge in [-0.15, -0.1) is 11.3 Å². The molecule has 0 unspecified atom stereocenters. The van der Waals surface area contributed by atoms with Crippen LogP contribution in [0.5, 0.6) is 0 Å². The lowest BCUT2D eigenvalue weighted by atomic mass is 10.0. The van der Waals surface area contributed by atoms with Gasteiger partial charge < -0.3 is 10.2 Å². The number of aromatic nitrogens is 1. The van der Waals surface area contributed by atoms with Crippen LogP contribution in [0.2, 0.25) is 4.34 Å². The highest BCUT2D eigenvalue weighted by atomic mass is 79.9. The van der Waals surface area contributed by atoms with Gasteiger partial charge in [-0.2, -0.15) is 0 Å². The number of nitrogens with zero attached hydrogens (tertiary/aromatic N) is 2. The molecular weight excluding hydrogens is 438 g/mol. The van der Waals surface area contributed by atoms with Crippen molar-refractivity contribution in [3.05, 3.63) is 80.2 Å². The Morgan fingerprint density at radius 2 is 1.92 bits per heavy atom. The van der Waals surface area contributed by atoms with Gasteiger partial charge in [0, 0.05) is 21.2 Å². The summed E-state index contributed by atoms with van der Waals surface area (Å²) in [4.78, 5) is 7.83. The fraction of sp³-hybridized carbons (Fsp3) is 0.111. The first-order chi connectivity index (χ1) is 12.1. The smallest absolute Gasteiger partial charge is 0.174 e. The molecule has 3 heterocycles. The molecule has 25 heavy (non-hydrogen) atoms. The maximum atomic E-state index is 6.21. The summed E-state index contributed by atoms with van der Waals surface area (Å²) in [7, 11) is 0. The van der Waals surface area contributed by atoms with E-state index >= 15 is 0 Å². The number of thiophene rings is 1. The molecule has 4 rings (SSSR count). The van der Waals surface area contributed by atoms with E-state index in [2.05, 4.69) is 49.3 Å². The van der Waals surface area contributed by atoms with Gasteiger partial charge in [0.25, 0.3) is 0 Å². The third-order valence-electron chi connectivity index (χ3n) is 4.09. The van der Waals surface area contributed by atoms with Crippen LogP contribution < -0.4 is 10.2 Å². The Morgan fingerprint density at radius 1 is 1.12 bits per heavy atom. The lowest BCUT2D eigenvalue weighted by molar-refractivity contribution is 0.575. The molecule has 126 valence electrons. The highest BCUT2D eigenvalue weighted by molar-refractivity contribution is 9.10. The van der Waals surface area contributed by atoms with Crippen molar-refractivity contribution < 1.29 is 0 Å². The van der Waals surface area contributed by atoms with Gasteiger partial charge in [-0.3, -0.25) is 4.98 Å². The van der Waals surface area contributed by atoms with E-state index in [0.29, 0.717) is 5.11 Å². The van der Waals surface area contributed by atoms with Crippen molar-refractivity contribution in [3.63, 3.8) is 0 Å². The number of thiocarbonyl (C=S) groups is 1. The number of hydrogen-bond acceptors (Lipinski definition) is 3. The molecule has 0 spiro atoms. The minimum atomic E-state index is -0.0351. The standard InChI is InChI=1S/C18H13BrClN3S2/c19-11-4-6-12(7-5-11)23-17(14-8-9-15(20)25-14)16(22-18(23)24)13-3-1-2-10-21-13/h1-10,16-17H,(H,22,24)/t16-,17+/m0/s1. The summed E-state index contributed by atoms with van der Waals surface area (Å²) in [5.41, 5.74) is 1.99. The molecule has 1 aliphatic rings. The second-order valence-electron chi connectivity index (χ2n) is 5.61. The highest BCUT2D eigenvalue weighted by Gasteiger charge is 2.41. The van der Waals surface area contributed by atoms with Crippen LogP contribution in [-0.2, 0) is 0 Å². The van der Waals surface area contributed by atoms with E-state index in [1.807, 2.05) is 36.4 Å². The van der Waals surface area contributed by atoms with E-state index < -0.39 is 0 Å². The number of benzene rings is 1. The SMILES string of the molecule is S=C1N[C@@H](c2ccccn2)[C@@H](c2ccc(Cl)s2)N1c1ccc(Br)cc1. The van der Waals surface area contributed by atoms with Crippen LogP contribution in [0.3, 0.4) is 0 Å². The minimum absolute atomic E-state index is 0.000996. The topological polar surface area (TPSA) is 28.2 Å². The Bertz CT molecular complexity index is 898. The average Bonchev–Trinajstić information content (AvgIpc) is 3.20. The number of hydrogen-bond donors (Lipinski definition) is 1. The van der Waals surface area contributed by atoms with E-state index in [1.165, 1.54) is 0 Å². The van der Waals surface area contributed by atoms with Crippen molar-refractivity contribution in [3.8, 4) is 0 Å². The molecular formula is C18H13BrClN3S2. The average molecular weight is 451 g/mol. The van der Waals surface area contributed by atoms with Crippen LogP contribution in [0.25, 0.3) is 0 Å². The minimum Gasteiger partial charge on any atom is -0.351 e. The monoisotopic (exact) mass is 449 g/mol. The quantitative estimate of drug-likeness (QED) is 0.515. The lowest BCUT2D eigenvalue weighted by Gasteiger charge is -2.26. The number of halogens is 2. The molecule has 0 radical (unpaired) electrons. The van der Waals surface area contributed by atoms with E-state index in [0.717, 1.165) is 25.1 Å². The number of nitrogens with one attached hydrogen (secondary N) is 1. The van der Waals surface area contributed by atoms with Crippen LogP contribution in [-0.4, -0.2) is 10.1 Å². The molecule has 1 fully saturated rings. The van der Waals surface area contributed by atoms with Crippen molar-refractivity contribution in [1.82, 2.24) is 10.3 Å². The summed E-state index contributed by atoms with van der Waals surface area (Å²) in [6.07, 6.45) is 1.81. The van der Waals surface area contributed by atoms with E-state index in [9.17, 15) is 0 Å². The molecule has 3 aromatic rings. The molecule has 2 atom stereocenters. The molecule has 2 aromatic heterocycles. The zero-order valence-corrected chi connectivity index (χ0v) is 16.9. The molecule has 3 nitrogen and oxygen atoms in total. The van der Waals surface area contributed by atoms with Crippen molar-refractivity contribution in [2.75, 3.05) is 4.90 Å². The summed E-state index contributed by atoms with van der Waals surface area (Å²) in [6.45, 7) is 0. The number of anilines is 1. The van der Waals surface area contributed by atoms with Crippen molar-refractivity contribution in [1.29, 1.82) is 0 Å². The Balaban J connectivity index is 1.81. The fourth-order valence-electron chi connectivity index (χ4n) is 3.01. The summed E-state index contributed by atoms with van der Waals surface area (Å²) in [6, 6.07) is 18.0. The first-order valence-corrected chi connectivity index (χ1v) is 10.0. The first-order valence-electron chi connectivity index (χ1n) is 7.65. The molecule has 1 saturated heterocycles. The largest absolute Gasteiger partial charge is 0.351 e. The van der Waals surface area contributed by atoms with Crippen molar-refractivity contribution >= 4 is 61.9 Å².